The number of aromatic nitrogens is 4. The van der Waals surface area contributed by atoms with Crippen molar-refractivity contribution in [2.75, 3.05) is 6.61 Å². The molecule has 0 saturated carbocycles. The molecule has 0 unspecified atom stereocenters. The maximum atomic E-state index is 12.3. The molecular formula is C17H15N5O3. The summed E-state index contributed by atoms with van der Waals surface area (Å²) in [4.78, 5) is 12.3. The van der Waals surface area contributed by atoms with E-state index in [1.165, 1.54) is 0 Å². The average Bonchev–Trinajstić information content (AvgIpc) is 3.01. The molecule has 1 aromatic heterocycles. The molecule has 0 spiro atoms. The van der Waals surface area contributed by atoms with E-state index in [-0.39, 0.29) is 13.2 Å². The number of hydrogen-bond donors (Lipinski definition) is 1. The maximum absolute atomic E-state index is 12.3. The second kappa shape index (κ2) is 7.42. The Morgan fingerprint density at radius 3 is 2.52 bits per heavy atom. The summed E-state index contributed by atoms with van der Waals surface area (Å²) in [6.45, 7) is -0.0571. The summed E-state index contributed by atoms with van der Waals surface area (Å²) < 4.78 is 7.69. The third-order valence-electron chi connectivity index (χ3n) is 3.45. The van der Waals surface area contributed by atoms with Crippen molar-refractivity contribution in [2.24, 2.45) is 0 Å². The van der Waals surface area contributed by atoms with E-state index in [9.17, 15) is 9.90 Å². The van der Waals surface area contributed by atoms with Crippen molar-refractivity contribution < 1.29 is 9.84 Å². The minimum Gasteiger partial charge on any atom is -0.491 e. The lowest BCUT2D eigenvalue weighted by molar-refractivity contribution is 0.0879. The molecule has 3 aromatic rings. The summed E-state index contributed by atoms with van der Waals surface area (Å²) in [6.07, 6.45) is -0.936. The molecule has 0 radical (unpaired) electrons. The van der Waals surface area contributed by atoms with Crippen molar-refractivity contribution in [3.05, 3.63) is 70.6 Å². The van der Waals surface area contributed by atoms with Gasteiger partial charge in [0.15, 0.2) is 0 Å². The van der Waals surface area contributed by atoms with E-state index < -0.39 is 11.8 Å². The molecule has 8 nitrogen and oxygen atoms in total. The molecule has 0 aliphatic carbocycles. The van der Waals surface area contributed by atoms with Crippen LogP contribution in [0.3, 0.4) is 0 Å². The molecule has 25 heavy (non-hydrogen) atoms. The molecule has 8 heteroatoms. The van der Waals surface area contributed by atoms with Gasteiger partial charge in [-0.15, -0.1) is 0 Å². The smallest absolute Gasteiger partial charge is 0.368 e. The molecule has 1 atom stereocenters. The summed E-state index contributed by atoms with van der Waals surface area (Å²) in [5.74, 6) is 0.526. The summed E-state index contributed by atoms with van der Waals surface area (Å²) in [7, 11) is 0. The Morgan fingerprint density at radius 1 is 1.12 bits per heavy atom. The number of nitriles is 1. The van der Waals surface area contributed by atoms with E-state index in [2.05, 4.69) is 10.4 Å². The lowest BCUT2D eigenvalue weighted by atomic mass is 10.2. The largest absolute Gasteiger partial charge is 0.491 e. The number of rotatable bonds is 6. The third-order valence-corrected chi connectivity index (χ3v) is 3.45. The second-order valence-electron chi connectivity index (χ2n) is 5.29. The number of ether oxygens (including phenoxy) is 1. The van der Waals surface area contributed by atoms with Gasteiger partial charge < -0.3 is 9.84 Å². The number of hydrogen-bond acceptors (Lipinski definition) is 6. The van der Waals surface area contributed by atoms with E-state index in [0.29, 0.717) is 17.0 Å². The van der Waals surface area contributed by atoms with Gasteiger partial charge in [-0.05, 0) is 46.8 Å². The van der Waals surface area contributed by atoms with Crippen LogP contribution in [0.25, 0.3) is 5.69 Å². The SMILES string of the molecule is N#Cc1ccc(OC[C@H](O)Cn2nnn(-c3ccccc3)c2=O)cc1. The minimum atomic E-state index is -0.936. The van der Waals surface area contributed by atoms with Crippen LogP contribution in [0.15, 0.2) is 59.4 Å². The lowest BCUT2D eigenvalue weighted by Gasteiger charge is -2.11. The highest BCUT2D eigenvalue weighted by atomic mass is 16.5. The van der Waals surface area contributed by atoms with Crippen LogP contribution in [0, 0.1) is 11.3 Å². The Kier molecular flexibility index (Phi) is 4.87. The zero-order chi connectivity index (χ0) is 17.6. The molecule has 3 rings (SSSR count). The molecule has 0 fully saturated rings. The summed E-state index contributed by atoms with van der Waals surface area (Å²) in [5.41, 5.74) is 0.683. The van der Waals surface area contributed by atoms with Gasteiger partial charge in [-0.1, -0.05) is 18.2 Å². The van der Waals surface area contributed by atoms with Crippen molar-refractivity contribution in [1.82, 2.24) is 19.8 Å². The Morgan fingerprint density at radius 2 is 1.84 bits per heavy atom. The summed E-state index contributed by atoms with van der Waals surface area (Å²) in [5, 5.41) is 26.4. The van der Waals surface area contributed by atoms with Gasteiger partial charge in [0, 0.05) is 0 Å². The van der Waals surface area contributed by atoms with Gasteiger partial charge in [-0.25, -0.2) is 4.79 Å². The van der Waals surface area contributed by atoms with Gasteiger partial charge in [0.2, 0.25) is 0 Å². The first-order chi connectivity index (χ1) is 12.2. The van der Waals surface area contributed by atoms with Crippen LogP contribution in [0.5, 0.6) is 5.75 Å². The van der Waals surface area contributed by atoms with Gasteiger partial charge in [0.1, 0.15) is 18.5 Å². The van der Waals surface area contributed by atoms with E-state index in [1.807, 2.05) is 12.1 Å². The average molecular weight is 337 g/mol. The molecule has 0 aliphatic heterocycles. The quantitative estimate of drug-likeness (QED) is 0.711. The first kappa shape index (κ1) is 16.4. The molecular weight excluding hydrogens is 322 g/mol. The van der Waals surface area contributed by atoms with Gasteiger partial charge in [-0.2, -0.15) is 14.6 Å². The molecule has 1 heterocycles. The molecule has 126 valence electrons. The monoisotopic (exact) mass is 337 g/mol. The van der Waals surface area contributed by atoms with Crippen molar-refractivity contribution in [1.29, 1.82) is 5.26 Å². The number of aliphatic hydroxyl groups is 1. The molecule has 0 saturated heterocycles. The van der Waals surface area contributed by atoms with Crippen LogP contribution in [-0.4, -0.2) is 37.6 Å². The fourth-order valence-corrected chi connectivity index (χ4v) is 2.19. The fraction of sp³-hybridized carbons (Fsp3) is 0.176. The number of aliphatic hydroxyl groups excluding tert-OH is 1. The Labute approximate surface area is 143 Å². The molecule has 0 amide bonds. The van der Waals surface area contributed by atoms with Crippen LogP contribution >= 0.6 is 0 Å². The van der Waals surface area contributed by atoms with Gasteiger partial charge in [0.05, 0.1) is 23.9 Å². The van der Waals surface area contributed by atoms with Crippen molar-refractivity contribution in [3.8, 4) is 17.5 Å². The predicted octanol–water partition coefficient (Wildman–Crippen LogP) is 0.741. The molecule has 0 aliphatic rings. The van der Waals surface area contributed by atoms with E-state index in [1.54, 1.807) is 48.5 Å². The van der Waals surface area contributed by atoms with E-state index >= 15 is 0 Å². The summed E-state index contributed by atoms with van der Waals surface area (Å²) in [6, 6.07) is 17.4. The van der Waals surface area contributed by atoms with Crippen molar-refractivity contribution in [2.45, 2.75) is 12.6 Å². The van der Waals surface area contributed by atoms with Crippen molar-refractivity contribution >= 4 is 0 Å². The second-order valence-corrected chi connectivity index (χ2v) is 5.29. The predicted molar refractivity (Wildman–Crippen MR) is 88.3 cm³/mol. The number of para-hydroxylation sites is 1. The topological polar surface area (TPSA) is 106 Å². The molecule has 1 N–H and O–H groups in total. The number of nitrogens with zero attached hydrogens (tertiary/aromatic N) is 5. The normalized spacial score (nSPS) is 11.7. The molecule has 0 bridgehead atoms. The van der Waals surface area contributed by atoms with E-state index in [0.717, 1.165) is 9.36 Å². The number of tetrazole rings is 1. The van der Waals surface area contributed by atoms with Gasteiger partial charge >= 0.3 is 5.69 Å². The van der Waals surface area contributed by atoms with Crippen LogP contribution < -0.4 is 10.4 Å². The fourth-order valence-electron chi connectivity index (χ4n) is 2.19. The summed E-state index contributed by atoms with van der Waals surface area (Å²) >= 11 is 0. The van der Waals surface area contributed by atoms with Crippen molar-refractivity contribution in [3.63, 3.8) is 0 Å². The first-order valence-electron chi connectivity index (χ1n) is 7.56. The Hall–Kier alpha value is -3.44. The third kappa shape index (κ3) is 3.91. The zero-order valence-electron chi connectivity index (χ0n) is 13.2. The zero-order valence-corrected chi connectivity index (χ0v) is 13.2. The highest BCUT2D eigenvalue weighted by molar-refractivity contribution is 5.34. The highest BCUT2D eigenvalue weighted by Crippen LogP contribution is 2.11. The van der Waals surface area contributed by atoms with Gasteiger partial charge in [-0.3, -0.25) is 0 Å². The van der Waals surface area contributed by atoms with E-state index in [4.69, 9.17) is 10.00 Å². The van der Waals surface area contributed by atoms with Crippen LogP contribution in [0.1, 0.15) is 5.56 Å². The lowest BCUT2D eigenvalue weighted by Crippen LogP contribution is -2.31. The van der Waals surface area contributed by atoms with Crippen LogP contribution in [-0.2, 0) is 6.54 Å². The maximum Gasteiger partial charge on any atom is 0.368 e. The van der Waals surface area contributed by atoms with Crippen LogP contribution in [0.2, 0.25) is 0 Å². The van der Waals surface area contributed by atoms with Gasteiger partial charge in [0.25, 0.3) is 0 Å². The van der Waals surface area contributed by atoms with Crippen LogP contribution in [0.4, 0.5) is 0 Å². The Bertz CT molecular complexity index is 925. The number of benzene rings is 2. The minimum absolute atomic E-state index is 0.0173. The first-order valence-corrected chi connectivity index (χ1v) is 7.56. The standard InChI is InChI=1S/C17H15N5O3/c18-10-13-6-8-16(9-7-13)25-12-15(23)11-21-17(24)22(20-19-21)14-4-2-1-3-5-14/h1-9,15,23H,11-12H2/t15-/m1/s1. The Balaban J connectivity index is 1.61. The molecule has 2 aromatic carbocycles. The highest BCUT2D eigenvalue weighted by Gasteiger charge is 2.13.